The van der Waals surface area contributed by atoms with Crippen molar-refractivity contribution in [2.45, 2.75) is 26.7 Å². The third-order valence-corrected chi connectivity index (χ3v) is 1.60. The molecule has 0 fully saturated rings. The second kappa shape index (κ2) is 6.31. The van der Waals surface area contributed by atoms with Crippen LogP contribution in [0.3, 0.4) is 0 Å². The van der Waals surface area contributed by atoms with Crippen LogP contribution in [0, 0.1) is 5.92 Å². The molecule has 1 atom stereocenters. The first-order chi connectivity index (χ1) is 5.20. The van der Waals surface area contributed by atoms with Crippen molar-refractivity contribution in [1.29, 1.82) is 0 Å². The van der Waals surface area contributed by atoms with Crippen LogP contribution in [0.4, 0.5) is 0 Å². The summed E-state index contributed by atoms with van der Waals surface area (Å²) in [6, 6.07) is 0. The number of aliphatic hydroxyl groups excluding tert-OH is 1. The van der Waals surface area contributed by atoms with E-state index in [1.165, 1.54) is 0 Å². The van der Waals surface area contributed by atoms with Crippen molar-refractivity contribution in [2.24, 2.45) is 5.92 Å². The van der Waals surface area contributed by atoms with Crippen LogP contribution in [0.1, 0.15) is 26.7 Å². The van der Waals surface area contributed by atoms with Crippen molar-refractivity contribution in [3.8, 4) is 0 Å². The van der Waals surface area contributed by atoms with Gasteiger partial charge in [-0.1, -0.05) is 13.3 Å². The first-order valence-corrected chi connectivity index (χ1v) is 3.88. The highest BCUT2D eigenvalue weighted by Gasteiger charge is 2.08. The van der Waals surface area contributed by atoms with Crippen LogP contribution >= 0.6 is 0 Å². The number of carbonyl (C=O) groups is 1. The highest BCUT2D eigenvalue weighted by Crippen LogP contribution is 2.08. The molecule has 11 heavy (non-hydrogen) atoms. The maximum absolute atomic E-state index is 10.7. The van der Waals surface area contributed by atoms with E-state index in [4.69, 9.17) is 9.84 Å². The number of aliphatic hydroxyl groups is 1. The highest BCUT2D eigenvalue weighted by molar-refractivity contribution is 5.75. The summed E-state index contributed by atoms with van der Waals surface area (Å²) >= 11 is 0. The fourth-order valence-electron chi connectivity index (χ4n) is 0.947. The Morgan fingerprint density at radius 3 is 2.64 bits per heavy atom. The standard InChI is InChI=1S/C8H16O3/c1-3-8(4-7(2)10)5-11-6-9/h8-9H,3-6H2,1-2H3. The zero-order valence-corrected chi connectivity index (χ0v) is 7.17. The van der Waals surface area contributed by atoms with Crippen LogP contribution in [-0.2, 0) is 9.53 Å². The molecule has 0 saturated heterocycles. The number of hydrogen-bond acceptors (Lipinski definition) is 3. The molecular formula is C8H16O3. The van der Waals surface area contributed by atoms with Gasteiger partial charge in [0.15, 0.2) is 0 Å². The second-order valence-corrected chi connectivity index (χ2v) is 2.68. The van der Waals surface area contributed by atoms with Crippen LogP contribution in [-0.4, -0.2) is 24.3 Å². The Labute approximate surface area is 67.4 Å². The Bertz CT molecular complexity index is 112. The molecule has 3 heteroatoms. The van der Waals surface area contributed by atoms with Crippen molar-refractivity contribution < 1.29 is 14.6 Å². The zero-order chi connectivity index (χ0) is 8.69. The fraction of sp³-hybridized carbons (Fsp3) is 0.875. The summed E-state index contributed by atoms with van der Waals surface area (Å²) in [5, 5.41) is 8.34. The number of hydrogen-bond donors (Lipinski definition) is 1. The molecule has 1 N–H and O–H groups in total. The van der Waals surface area contributed by atoms with Crippen LogP contribution in [0.2, 0.25) is 0 Å². The smallest absolute Gasteiger partial charge is 0.143 e. The van der Waals surface area contributed by atoms with Gasteiger partial charge in [0.1, 0.15) is 12.6 Å². The van der Waals surface area contributed by atoms with Gasteiger partial charge in [-0.15, -0.1) is 0 Å². The van der Waals surface area contributed by atoms with Crippen LogP contribution in [0.15, 0.2) is 0 Å². The Balaban J connectivity index is 3.49. The summed E-state index contributed by atoms with van der Waals surface area (Å²) in [5.74, 6) is 0.443. The van der Waals surface area contributed by atoms with E-state index in [2.05, 4.69) is 0 Å². The maximum atomic E-state index is 10.7. The quantitative estimate of drug-likeness (QED) is 0.589. The summed E-state index contributed by atoms with van der Waals surface area (Å²) in [6.07, 6.45) is 1.47. The van der Waals surface area contributed by atoms with Gasteiger partial charge in [0.2, 0.25) is 0 Å². The van der Waals surface area contributed by atoms with E-state index in [9.17, 15) is 4.79 Å². The lowest BCUT2D eigenvalue weighted by Gasteiger charge is -2.11. The first kappa shape index (κ1) is 10.6. The topological polar surface area (TPSA) is 46.5 Å². The lowest BCUT2D eigenvalue weighted by Crippen LogP contribution is -2.12. The molecule has 0 heterocycles. The van der Waals surface area contributed by atoms with E-state index in [0.717, 1.165) is 6.42 Å². The van der Waals surface area contributed by atoms with Gasteiger partial charge in [0.05, 0.1) is 6.61 Å². The minimum atomic E-state index is -0.256. The van der Waals surface area contributed by atoms with Crippen LogP contribution in [0.25, 0.3) is 0 Å². The Morgan fingerprint density at radius 2 is 2.27 bits per heavy atom. The summed E-state index contributed by atoms with van der Waals surface area (Å²) in [4.78, 5) is 10.7. The molecule has 0 aromatic rings. The second-order valence-electron chi connectivity index (χ2n) is 2.68. The zero-order valence-electron chi connectivity index (χ0n) is 7.17. The molecule has 0 bridgehead atoms. The van der Waals surface area contributed by atoms with E-state index in [0.29, 0.717) is 13.0 Å². The molecule has 0 radical (unpaired) electrons. The molecule has 1 unspecified atom stereocenters. The molecule has 0 aromatic carbocycles. The maximum Gasteiger partial charge on any atom is 0.143 e. The van der Waals surface area contributed by atoms with Crippen LogP contribution < -0.4 is 0 Å². The Hall–Kier alpha value is -0.410. The minimum Gasteiger partial charge on any atom is -0.371 e. The van der Waals surface area contributed by atoms with Crippen molar-refractivity contribution >= 4 is 5.78 Å². The van der Waals surface area contributed by atoms with Gasteiger partial charge < -0.3 is 14.6 Å². The monoisotopic (exact) mass is 160 g/mol. The average Bonchev–Trinajstić information content (AvgIpc) is 1.97. The molecule has 0 aromatic heterocycles. The summed E-state index contributed by atoms with van der Waals surface area (Å²) in [6.45, 7) is 3.80. The van der Waals surface area contributed by atoms with Gasteiger partial charge in [0.25, 0.3) is 0 Å². The molecule has 0 rings (SSSR count). The van der Waals surface area contributed by atoms with Crippen molar-refractivity contribution in [3.05, 3.63) is 0 Å². The molecule has 0 spiro atoms. The van der Waals surface area contributed by atoms with E-state index in [1.54, 1.807) is 6.92 Å². The number of carbonyl (C=O) groups excluding carboxylic acids is 1. The predicted molar refractivity (Wildman–Crippen MR) is 42.1 cm³/mol. The minimum absolute atomic E-state index is 0.179. The molecule has 0 amide bonds. The number of rotatable bonds is 6. The van der Waals surface area contributed by atoms with E-state index < -0.39 is 0 Å². The van der Waals surface area contributed by atoms with E-state index in [1.807, 2.05) is 6.92 Å². The van der Waals surface area contributed by atoms with Gasteiger partial charge in [0, 0.05) is 6.42 Å². The molecule has 3 nitrogen and oxygen atoms in total. The third kappa shape index (κ3) is 6.01. The van der Waals surface area contributed by atoms with E-state index in [-0.39, 0.29) is 18.5 Å². The largest absolute Gasteiger partial charge is 0.371 e. The molecular weight excluding hydrogens is 144 g/mol. The lowest BCUT2D eigenvalue weighted by molar-refractivity contribution is -0.118. The summed E-state index contributed by atoms with van der Waals surface area (Å²) in [7, 11) is 0. The highest BCUT2D eigenvalue weighted by atomic mass is 16.6. The molecule has 66 valence electrons. The van der Waals surface area contributed by atoms with Gasteiger partial charge in [-0.3, -0.25) is 0 Å². The van der Waals surface area contributed by atoms with Gasteiger partial charge in [-0.2, -0.15) is 0 Å². The Kier molecular flexibility index (Phi) is 6.07. The van der Waals surface area contributed by atoms with Gasteiger partial charge in [-0.25, -0.2) is 0 Å². The predicted octanol–water partition coefficient (Wildman–Crippen LogP) is 0.958. The third-order valence-electron chi connectivity index (χ3n) is 1.60. The Morgan fingerprint density at radius 1 is 1.64 bits per heavy atom. The number of Topliss-reactive ketones (excluding diaryl/α,β-unsaturated/α-hetero) is 1. The molecule has 0 aliphatic rings. The molecule has 0 saturated carbocycles. The van der Waals surface area contributed by atoms with Crippen molar-refractivity contribution in [3.63, 3.8) is 0 Å². The van der Waals surface area contributed by atoms with Crippen molar-refractivity contribution in [2.75, 3.05) is 13.4 Å². The first-order valence-electron chi connectivity index (χ1n) is 3.88. The van der Waals surface area contributed by atoms with E-state index >= 15 is 0 Å². The van der Waals surface area contributed by atoms with Gasteiger partial charge in [-0.05, 0) is 12.8 Å². The lowest BCUT2D eigenvalue weighted by atomic mass is 10.0. The number of ether oxygens (including phenoxy) is 1. The summed E-state index contributed by atoms with van der Waals surface area (Å²) in [5.41, 5.74) is 0. The van der Waals surface area contributed by atoms with Gasteiger partial charge >= 0.3 is 0 Å². The van der Waals surface area contributed by atoms with Crippen LogP contribution in [0.5, 0.6) is 0 Å². The number of ketones is 1. The fourth-order valence-corrected chi connectivity index (χ4v) is 0.947. The summed E-state index contributed by atoms with van der Waals surface area (Å²) < 4.78 is 4.79. The average molecular weight is 160 g/mol. The molecule has 0 aliphatic heterocycles. The van der Waals surface area contributed by atoms with Crippen molar-refractivity contribution in [1.82, 2.24) is 0 Å². The normalized spacial score (nSPS) is 13.0. The SMILES string of the molecule is CCC(COCO)CC(C)=O. The molecule has 0 aliphatic carbocycles.